The van der Waals surface area contributed by atoms with Crippen LogP contribution in [0.4, 0.5) is 0 Å². The summed E-state index contributed by atoms with van der Waals surface area (Å²) in [6.45, 7) is 18.1. The number of aromatic nitrogens is 4. The molecule has 0 N–H and O–H groups in total. The van der Waals surface area contributed by atoms with Crippen molar-refractivity contribution < 1.29 is 4.74 Å². The number of nitrogens with zero attached hydrogens (tertiary/aromatic N) is 4. The van der Waals surface area contributed by atoms with Gasteiger partial charge in [0.15, 0.2) is 0 Å². The van der Waals surface area contributed by atoms with E-state index in [1.165, 1.54) is 46.0 Å². The van der Waals surface area contributed by atoms with E-state index in [0.717, 1.165) is 39.7 Å². The Morgan fingerprint density at radius 1 is 0.851 bits per heavy atom. The molecule has 6 aromatic rings. The molecule has 3 aromatic heterocycles. The van der Waals surface area contributed by atoms with E-state index in [4.69, 9.17) is 14.8 Å². The van der Waals surface area contributed by atoms with Gasteiger partial charge in [-0.25, -0.2) is 9.67 Å². The first-order chi connectivity index (χ1) is 22.5. The normalized spacial score (nSPS) is 17.1. The predicted octanol–water partition coefficient (Wildman–Crippen LogP) is 11.3. The van der Waals surface area contributed by atoms with E-state index in [-0.39, 0.29) is 5.41 Å². The lowest BCUT2D eigenvalue weighted by atomic mass is 9.74. The van der Waals surface area contributed by atoms with Gasteiger partial charge < -0.3 is 4.74 Å². The fourth-order valence-electron chi connectivity index (χ4n) is 7.61. The molecule has 0 radical (unpaired) electrons. The van der Waals surface area contributed by atoms with Gasteiger partial charge in [0.2, 0.25) is 0 Å². The second-order valence-electron chi connectivity index (χ2n) is 14.7. The van der Waals surface area contributed by atoms with Crippen LogP contribution >= 0.6 is 0 Å². The average Bonchev–Trinajstić information content (AvgIpc) is 3.55. The maximum atomic E-state index is 6.62. The number of para-hydroxylation sites is 1. The van der Waals surface area contributed by atoms with Crippen LogP contribution in [-0.4, -0.2) is 19.3 Å². The van der Waals surface area contributed by atoms with E-state index in [1.807, 2.05) is 12.3 Å². The molecule has 0 saturated carbocycles. The first-order valence-corrected chi connectivity index (χ1v) is 17.1. The summed E-state index contributed by atoms with van der Waals surface area (Å²) >= 11 is 0. The Bertz CT molecular complexity index is 2140. The molecule has 0 spiro atoms. The van der Waals surface area contributed by atoms with Gasteiger partial charge in [0, 0.05) is 40.6 Å². The topological polar surface area (TPSA) is 44.9 Å². The van der Waals surface area contributed by atoms with Crippen molar-refractivity contribution in [1.29, 1.82) is 0 Å². The smallest absolute Gasteiger partial charge is 0.137 e. The zero-order valence-corrected chi connectivity index (χ0v) is 29.0. The fraction of sp³-hybridized carbons (Fsp3) is 0.333. The number of ether oxygens (including phenoxy) is 1. The Labute approximate surface area is 278 Å². The highest BCUT2D eigenvalue weighted by atomic mass is 16.5. The fourth-order valence-corrected chi connectivity index (χ4v) is 7.61. The lowest BCUT2D eigenvalue weighted by Crippen LogP contribution is -2.18. The molecule has 1 aliphatic rings. The number of benzene rings is 3. The summed E-state index contributed by atoms with van der Waals surface area (Å²) in [5.41, 5.74) is 9.76. The van der Waals surface area contributed by atoms with Crippen LogP contribution in [-0.2, 0) is 5.41 Å². The van der Waals surface area contributed by atoms with Gasteiger partial charge in [0.1, 0.15) is 17.3 Å². The van der Waals surface area contributed by atoms with Crippen molar-refractivity contribution in [3.05, 3.63) is 119 Å². The minimum Gasteiger partial charge on any atom is -0.457 e. The van der Waals surface area contributed by atoms with Crippen LogP contribution in [0.2, 0.25) is 0 Å². The Kier molecular flexibility index (Phi) is 7.82. The van der Waals surface area contributed by atoms with E-state index in [1.54, 1.807) is 0 Å². The molecule has 47 heavy (non-hydrogen) atoms. The largest absolute Gasteiger partial charge is 0.457 e. The van der Waals surface area contributed by atoms with E-state index in [2.05, 4.69) is 144 Å². The number of hydrogen-bond acceptors (Lipinski definition) is 3. The lowest BCUT2D eigenvalue weighted by molar-refractivity contribution is 0.445. The van der Waals surface area contributed by atoms with E-state index >= 15 is 0 Å². The number of fused-ring (bicyclic) bond motifs is 3. The second-order valence-corrected chi connectivity index (χ2v) is 14.7. The number of pyridine rings is 1. The first-order valence-electron chi connectivity index (χ1n) is 17.1. The zero-order chi connectivity index (χ0) is 33.0. The van der Waals surface area contributed by atoms with Crippen molar-refractivity contribution in [2.45, 2.75) is 85.5 Å². The van der Waals surface area contributed by atoms with Crippen LogP contribution in [0, 0.1) is 12.8 Å². The van der Waals surface area contributed by atoms with Crippen LogP contribution in [0.25, 0.3) is 33.3 Å². The van der Waals surface area contributed by atoms with Crippen molar-refractivity contribution in [1.82, 2.24) is 19.3 Å². The van der Waals surface area contributed by atoms with Gasteiger partial charge in [-0.3, -0.25) is 4.57 Å². The maximum Gasteiger partial charge on any atom is 0.137 e. The lowest BCUT2D eigenvalue weighted by Gasteiger charge is -2.30. The van der Waals surface area contributed by atoms with Gasteiger partial charge in [-0.2, -0.15) is 5.10 Å². The summed E-state index contributed by atoms with van der Waals surface area (Å²) in [6.07, 6.45) is 6.73. The standard InChI is InChI=1S/C42H46N4O/c1-26(2)41-40(39-27(3)13-11-14-28(39)4)29(5)44-46(41)31-15-12-16-32(24-31)47-33-19-20-35-34-17-9-10-18-36(34)45(37(35)25-33)38-23-30(21-22-43-38)42(6,7)8/h9-10,12-13,15-26,28,39H,11,14H2,1-8H3/t28-,39?/m0/s1. The third-order valence-corrected chi connectivity index (χ3v) is 9.93. The van der Waals surface area contributed by atoms with Crippen molar-refractivity contribution in [3.63, 3.8) is 0 Å². The quantitative estimate of drug-likeness (QED) is 0.174. The monoisotopic (exact) mass is 622 g/mol. The Balaban J connectivity index is 1.29. The highest BCUT2D eigenvalue weighted by Crippen LogP contribution is 2.44. The molecule has 0 fully saturated rings. The van der Waals surface area contributed by atoms with Gasteiger partial charge in [-0.1, -0.05) is 77.5 Å². The Morgan fingerprint density at radius 3 is 2.38 bits per heavy atom. The Hall–Kier alpha value is -4.64. The van der Waals surface area contributed by atoms with E-state index in [0.29, 0.717) is 17.8 Å². The molecular formula is C42H46N4O. The van der Waals surface area contributed by atoms with E-state index in [9.17, 15) is 0 Å². The Morgan fingerprint density at radius 2 is 1.62 bits per heavy atom. The second kappa shape index (κ2) is 11.9. The summed E-state index contributed by atoms with van der Waals surface area (Å²) in [5.74, 6) is 3.80. The minimum atomic E-state index is 0.0171. The molecular weight excluding hydrogens is 576 g/mol. The van der Waals surface area contributed by atoms with Gasteiger partial charge in [0.25, 0.3) is 0 Å². The van der Waals surface area contributed by atoms with Crippen LogP contribution in [0.5, 0.6) is 11.5 Å². The molecule has 7 rings (SSSR count). The molecule has 0 saturated heterocycles. The van der Waals surface area contributed by atoms with E-state index < -0.39 is 0 Å². The van der Waals surface area contributed by atoms with Crippen molar-refractivity contribution in [3.8, 4) is 23.0 Å². The van der Waals surface area contributed by atoms with Crippen molar-refractivity contribution >= 4 is 21.8 Å². The average molecular weight is 623 g/mol. The number of hydrogen-bond donors (Lipinski definition) is 0. The van der Waals surface area contributed by atoms with Gasteiger partial charge >= 0.3 is 0 Å². The van der Waals surface area contributed by atoms with Crippen molar-refractivity contribution in [2.24, 2.45) is 5.92 Å². The molecule has 1 unspecified atom stereocenters. The number of rotatable bonds is 6. The summed E-state index contributed by atoms with van der Waals surface area (Å²) in [6, 6.07) is 27.6. The predicted molar refractivity (Wildman–Crippen MR) is 195 cm³/mol. The SMILES string of the molecule is CC1=CCC[C@H](C)C1c1c(C)nn(-c2cccc(Oc3ccc4c5ccccc5n(-c5cc(C(C)(C)C)ccn5)c4c3)c2)c1C(C)C. The molecule has 1 aliphatic carbocycles. The molecule has 5 nitrogen and oxygen atoms in total. The third-order valence-electron chi connectivity index (χ3n) is 9.93. The summed E-state index contributed by atoms with van der Waals surface area (Å²) in [7, 11) is 0. The number of aryl methyl sites for hydroxylation is 1. The maximum absolute atomic E-state index is 6.62. The first kappa shape index (κ1) is 31.0. The summed E-state index contributed by atoms with van der Waals surface area (Å²) in [5, 5.41) is 7.52. The molecule has 3 heterocycles. The van der Waals surface area contributed by atoms with Gasteiger partial charge in [0.05, 0.1) is 28.1 Å². The summed E-state index contributed by atoms with van der Waals surface area (Å²) < 4.78 is 11.0. The summed E-state index contributed by atoms with van der Waals surface area (Å²) in [4.78, 5) is 4.84. The van der Waals surface area contributed by atoms with Crippen LogP contribution in [0.1, 0.15) is 95.7 Å². The van der Waals surface area contributed by atoms with Gasteiger partial charge in [-0.15, -0.1) is 0 Å². The molecule has 2 atom stereocenters. The molecule has 0 bridgehead atoms. The zero-order valence-electron chi connectivity index (χ0n) is 29.0. The molecule has 0 amide bonds. The van der Waals surface area contributed by atoms with Gasteiger partial charge in [-0.05, 0) is 92.0 Å². The molecule has 0 aliphatic heterocycles. The highest BCUT2D eigenvalue weighted by molar-refractivity contribution is 6.09. The number of allylic oxidation sites excluding steroid dienone is 2. The van der Waals surface area contributed by atoms with Crippen LogP contribution < -0.4 is 4.74 Å². The van der Waals surface area contributed by atoms with Crippen LogP contribution in [0.3, 0.4) is 0 Å². The van der Waals surface area contributed by atoms with Crippen LogP contribution in [0.15, 0.2) is 96.7 Å². The molecule has 5 heteroatoms. The molecule has 240 valence electrons. The highest BCUT2D eigenvalue weighted by Gasteiger charge is 2.31. The van der Waals surface area contributed by atoms with Crippen molar-refractivity contribution in [2.75, 3.05) is 0 Å². The molecule has 3 aromatic carbocycles. The third kappa shape index (κ3) is 5.56. The minimum absolute atomic E-state index is 0.0171.